The number of furan rings is 1. The third kappa shape index (κ3) is 5.94. The number of halogens is 1. The summed E-state index contributed by atoms with van der Waals surface area (Å²) in [4.78, 5) is 8.84. The van der Waals surface area contributed by atoms with Crippen LogP contribution in [0.4, 0.5) is 4.39 Å². The molecule has 3 aromatic heterocycles. The van der Waals surface area contributed by atoms with Crippen molar-refractivity contribution in [3.05, 3.63) is 145 Å². The van der Waals surface area contributed by atoms with Gasteiger partial charge in [-0.25, -0.2) is 4.39 Å². The molecule has 0 fully saturated rings. The van der Waals surface area contributed by atoms with E-state index in [2.05, 4.69) is 48.1 Å². The molecular weight excluding hydrogens is 700 g/mol. The molecule has 5 heteroatoms. The second kappa shape index (κ2) is 13.0. The molecule has 1 radical (unpaired) electrons. The summed E-state index contributed by atoms with van der Waals surface area (Å²) in [5.74, 6) is 0.234. The van der Waals surface area contributed by atoms with Gasteiger partial charge in [-0.1, -0.05) is 79.4 Å². The number of hydrogen-bond donors (Lipinski definition) is 0. The topological polar surface area (TPSA) is 38.9 Å². The van der Waals surface area contributed by atoms with E-state index in [0.717, 1.165) is 38.9 Å². The van der Waals surface area contributed by atoms with Crippen LogP contribution in [0.1, 0.15) is 25.3 Å². The number of aromatic nitrogens is 2. The minimum absolute atomic E-state index is 0. The Morgan fingerprint density at radius 2 is 1.48 bits per heavy atom. The predicted molar refractivity (Wildman–Crippen MR) is 164 cm³/mol. The molecular formula is C37H27FIrN2O-2. The van der Waals surface area contributed by atoms with E-state index in [4.69, 9.17) is 4.42 Å². The van der Waals surface area contributed by atoms with E-state index >= 15 is 0 Å². The van der Waals surface area contributed by atoms with Crippen LogP contribution in [0.3, 0.4) is 0 Å². The first kappa shape index (κ1) is 29.1. The first-order valence-electron chi connectivity index (χ1n) is 13.6. The van der Waals surface area contributed by atoms with E-state index in [0.29, 0.717) is 22.6 Å². The summed E-state index contributed by atoms with van der Waals surface area (Å²) in [6, 6.07) is 40.7. The van der Waals surface area contributed by atoms with Gasteiger partial charge in [0.25, 0.3) is 0 Å². The Morgan fingerprint density at radius 3 is 2.17 bits per heavy atom. The summed E-state index contributed by atoms with van der Waals surface area (Å²) in [6.45, 7) is 4.34. The van der Waals surface area contributed by atoms with Gasteiger partial charge < -0.3 is 14.4 Å². The fourth-order valence-corrected chi connectivity index (χ4v) is 4.81. The van der Waals surface area contributed by atoms with Gasteiger partial charge in [-0.15, -0.1) is 54.1 Å². The van der Waals surface area contributed by atoms with E-state index in [9.17, 15) is 4.39 Å². The van der Waals surface area contributed by atoms with Gasteiger partial charge in [0.05, 0.1) is 11.1 Å². The maximum atomic E-state index is 14.7. The summed E-state index contributed by atoms with van der Waals surface area (Å²) in [5.41, 5.74) is 7.34. The Morgan fingerprint density at radius 1 is 0.690 bits per heavy atom. The second-order valence-electron chi connectivity index (χ2n) is 9.99. The molecule has 0 aliphatic heterocycles. The Hall–Kier alpha value is -4.44. The van der Waals surface area contributed by atoms with Crippen molar-refractivity contribution in [1.82, 2.24) is 9.97 Å². The maximum absolute atomic E-state index is 14.7. The van der Waals surface area contributed by atoms with Gasteiger partial charge in [0.2, 0.25) is 0 Å². The van der Waals surface area contributed by atoms with Gasteiger partial charge in [0.15, 0.2) is 0 Å². The molecule has 7 aromatic rings. The number of hydrogen-bond acceptors (Lipinski definition) is 3. The summed E-state index contributed by atoms with van der Waals surface area (Å²) < 4.78 is 20.9. The van der Waals surface area contributed by atoms with Gasteiger partial charge in [-0.3, -0.25) is 0 Å². The van der Waals surface area contributed by atoms with Crippen molar-refractivity contribution in [2.45, 2.75) is 19.8 Å². The molecule has 0 saturated heterocycles. The molecule has 3 heterocycles. The van der Waals surface area contributed by atoms with Gasteiger partial charge >= 0.3 is 0 Å². The van der Waals surface area contributed by atoms with E-state index < -0.39 is 0 Å². The van der Waals surface area contributed by atoms with Crippen molar-refractivity contribution >= 4 is 21.9 Å². The van der Waals surface area contributed by atoms with Gasteiger partial charge in [-0.05, 0) is 46.6 Å². The van der Waals surface area contributed by atoms with Crippen molar-refractivity contribution in [2.75, 3.05) is 0 Å². The Kier molecular flexibility index (Phi) is 9.02. The van der Waals surface area contributed by atoms with Crippen LogP contribution in [0.25, 0.3) is 55.6 Å². The van der Waals surface area contributed by atoms with Crippen molar-refractivity contribution in [1.29, 1.82) is 0 Å². The molecule has 209 valence electrons. The number of rotatable bonds is 4. The van der Waals surface area contributed by atoms with Gasteiger partial charge in [0, 0.05) is 37.9 Å². The van der Waals surface area contributed by atoms with Crippen LogP contribution in [-0.2, 0) is 20.1 Å². The summed E-state index contributed by atoms with van der Waals surface area (Å²) in [7, 11) is 0. The van der Waals surface area contributed by atoms with Crippen LogP contribution in [0.5, 0.6) is 0 Å². The fraction of sp³-hybridized carbons (Fsp3) is 0.0811. The monoisotopic (exact) mass is 727 g/mol. The number of benzene rings is 4. The Balaban J connectivity index is 0.000000189. The van der Waals surface area contributed by atoms with Crippen molar-refractivity contribution in [2.24, 2.45) is 0 Å². The molecule has 0 spiro atoms. The molecule has 0 N–H and O–H groups in total. The quantitative estimate of drug-likeness (QED) is 0.170. The summed E-state index contributed by atoms with van der Waals surface area (Å²) >= 11 is 0. The van der Waals surface area contributed by atoms with E-state index in [1.807, 2.05) is 91.1 Å². The molecule has 0 bridgehead atoms. The van der Waals surface area contributed by atoms with Gasteiger partial charge in [-0.2, -0.15) is 0 Å². The van der Waals surface area contributed by atoms with Crippen LogP contribution in [0.2, 0.25) is 0 Å². The number of nitrogens with zero attached hydrogens (tertiary/aromatic N) is 2. The molecule has 0 unspecified atom stereocenters. The van der Waals surface area contributed by atoms with Crippen LogP contribution in [0.15, 0.2) is 126 Å². The molecule has 0 amide bonds. The largest absolute Gasteiger partial charge is 0.500 e. The number of fused-ring (bicyclic) bond motifs is 3. The smallest absolute Gasteiger partial charge is 0.134 e. The standard InChI is InChI=1S/C23H13FNO.C14H14N.Ir/c24-19-13-12-17-16-9-6-10-18(20-11-4-5-14-25-20)22(16)26-23(17)21(19)15-7-2-1-3-8-15;1-11(2)13-8-9-14(15-10-13)12-6-4-3-5-7-12;/h1-9,11-14H;3-6,8-11H,1-2H3;/q2*-1;. The SMILES string of the molecule is CC(C)c1ccc(-c2[c-]cccc2)nc1.Fc1ccc2c(oc3c(-c4ccccn4)[c-]ccc32)c1-c1ccccc1.[Ir]. The van der Waals surface area contributed by atoms with Crippen LogP contribution >= 0.6 is 0 Å². The summed E-state index contributed by atoms with van der Waals surface area (Å²) in [5, 5.41) is 1.81. The van der Waals surface area contributed by atoms with Crippen molar-refractivity contribution < 1.29 is 28.9 Å². The van der Waals surface area contributed by atoms with Crippen LogP contribution in [-0.4, -0.2) is 9.97 Å². The maximum Gasteiger partial charge on any atom is 0.134 e. The molecule has 3 nitrogen and oxygen atoms in total. The first-order chi connectivity index (χ1) is 20.1. The molecule has 7 rings (SSSR count). The summed E-state index contributed by atoms with van der Waals surface area (Å²) in [6.07, 6.45) is 3.68. The van der Waals surface area contributed by atoms with Crippen LogP contribution in [0, 0.1) is 17.9 Å². The molecule has 0 aliphatic carbocycles. The van der Waals surface area contributed by atoms with Gasteiger partial charge in [0.1, 0.15) is 11.4 Å². The predicted octanol–water partition coefficient (Wildman–Crippen LogP) is 9.92. The minimum Gasteiger partial charge on any atom is -0.500 e. The molecule has 42 heavy (non-hydrogen) atoms. The van der Waals surface area contributed by atoms with Crippen molar-refractivity contribution in [3.8, 4) is 33.6 Å². The first-order valence-corrected chi connectivity index (χ1v) is 13.6. The van der Waals surface area contributed by atoms with E-state index in [1.165, 1.54) is 11.6 Å². The van der Waals surface area contributed by atoms with E-state index in [-0.39, 0.29) is 25.9 Å². The fourth-order valence-electron chi connectivity index (χ4n) is 4.81. The third-order valence-corrected chi connectivity index (χ3v) is 6.97. The number of pyridine rings is 2. The molecule has 0 aliphatic rings. The second-order valence-corrected chi connectivity index (χ2v) is 9.99. The zero-order valence-corrected chi connectivity index (χ0v) is 25.5. The van der Waals surface area contributed by atoms with Crippen molar-refractivity contribution in [3.63, 3.8) is 0 Å². The molecule has 0 saturated carbocycles. The van der Waals surface area contributed by atoms with E-state index in [1.54, 1.807) is 12.3 Å². The Labute approximate surface area is 258 Å². The minimum atomic E-state index is -0.300. The normalized spacial score (nSPS) is 10.8. The zero-order valence-electron chi connectivity index (χ0n) is 23.1. The molecule has 4 aromatic carbocycles. The third-order valence-electron chi connectivity index (χ3n) is 6.97. The average molecular weight is 727 g/mol. The Bertz CT molecular complexity index is 1900. The zero-order chi connectivity index (χ0) is 28.2. The average Bonchev–Trinajstić information content (AvgIpc) is 3.41. The van der Waals surface area contributed by atoms with Crippen LogP contribution < -0.4 is 0 Å². The molecule has 0 atom stereocenters.